The zero-order valence-corrected chi connectivity index (χ0v) is 21.8. The molecule has 192 valence electrons. The fraction of sp³-hybridized carbons (Fsp3) is 0.200. The molecule has 0 radical (unpaired) electrons. The smallest absolute Gasteiger partial charge is 0.282 e. The number of para-hydroxylation sites is 2. The molecule has 0 bridgehead atoms. The number of methoxy groups -OCH3 is 1. The van der Waals surface area contributed by atoms with Crippen LogP contribution in [0.5, 0.6) is 5.75 Å². The summed E-state index contributed by atoms with van der Waals surface area (Å²) in [6.45, 7) is 6.20. The molecule has 0 fully saturated rings. The molecule has 8 heteroatoms. The first-order valence-electron chi connectivity index (χ1n) is 12.4. The number of nitrogens with zero attached hydrogens (tertiary/aromatic N) is 4. The highest BCUT2D eigenvalue weighted by molar-refractivity contribution is 6.00. The minimum atomic E-state index is -0.442. The van der Waals surface area contributed by atoms with Crippen LogP contribution in [0.3, 0.4) is 0 Å². The van der Waals surface area contributed by atoms with Crippen molar-refractivity contribution in [3.63, 3.8) is 0 Å². The Morgan fingerprint density at radius 3 is 2.53 bits per heavy atom. The minimum absolute atomic E-state index is 0.0418. The van der Waals surface area contributed by atoms with Crippen molar-refractivity contribution in [1.29, 1.82) is 0 Å². The molecule has 0 saturated heterocycles. The summed E-state index contributed by atoms with van der Waals surface area (Å²) in [7, 11) is 1.66. The number of carbonyl (C=O) groups is 1. The van der Waals surface area contributed by atoms with E-state index in [1.165, 1.54) is 4.68 Å². The largest absolute Gasteiger partial charge is 0.496 e. The van der Waals surface area contributed by atoms with E-state index in [4.69, 9.17) is 15.5 Å². The van der Waals surface area contributed by atoms with Crippen LogP contribution in [0.4, 0.5) is 0 Å². The molecule has 0 atom stereocenters. The molecule has 2 N–H and O–H groups in total. The van der Waals surface area contributed by atoms with E-state index in [2.05, 4.69) is 18.9 Å². The lowest BCUT2D eigenvalue weighted by atomic mass is 9.96. The maximum absolute atomic E-state index is 13.7. The molecule has 2 aromatic heterocycles. The Bertz CT molecular complexity index is 1780. The number of primary amides is 1. The van der Waals surface area contributed by atoms with Gasteiger partial charge < -0.3 is 15.0 Å². The van der Waals surface area contributed by atoms with Crippen LogP contribution in [0.15, 0.2) is 76.8 Å². The van der Waals surface area contributed by atoms with E-state index < -0.39 is 5.91 Å². The third-order valence-electron chi connectivity index (χ3n) is 6.65. The average Bonchev–Trinajstić information content (AvgIpc) is 3.24. The zero-order valence-electron chi connectivity index (χ0n) is 21.8. The number of aromatic nitrogens is 3. The van der Waals surface area contributed by atoms with Crippen molar-refractivity contribution >= 4 is 33.9 Å². The van der Waals surface area contributed by atoms with Gasteiger partial charge in [-0.15, -0.1) is 0 Å². The second kappa shape index (κ2) is 9.97. The number of benzene rings is 3. The Kier molecular flexibility index (Phi) is 6.55. The van der Waals surface area contributed by atoms with Gasteiger partial charge in [0.1, 0.15) is 12.3 Å². The summed E-state index contributed by atoms with van der Waals surface area (Å²) in [4.78, 5) is 30.2. The van der Waals surface area contributed by atoms with E-state index >= 15 is 0 Å². The van der Waals surface area contributed by atoms with Crippen molar-refractivity contribution in [2.24, 2.45) is 10.8 Å². The van der Waals surface area contributed by atoms with Crippen molar-refractivity contribution in [2.45, 2.75) is 33.2 Å². The van der Waals surface area contributed by atoms with E-state index in [-0.39, 0.29) is 18.0 Å². The third kappa shape index (κ3) is 4.45. The predicted molar refractivity (Wildman–Crippen MR) is 151 cm³/mol. The first-order chi connectivity index (χ1) is 18.3. The topological polar surface area (TPSA) is 104 Å². The number of amides is 1. The molecular weight excluding hydrogens is 478 g/mol. The lowest BCUT2D eigenvalue weighted by molar-refractivity contribution is -0.118. The Balaban J connectivity index is 1.75. The molecule has 5 rings (SSSR count). The van der Waals surface area contributed by atoms with Crippen LogP contribution in [0.2, 0.25) is 0 Å². The highest BCUT2D eigenvalue weighted by Crippen LogP contribution is 2.34. The molecule has 0 aliphatic carbocycles. The molecule has 0 unspecified atom stereocenters. The van der Waals surface area contributed by atoms with Gasteiger partial charge >= 0.3 is 0 Å². The monoisotopic (exact) mass is 507 g/mol. The number of nitrogens with two attached hydrogens (primary N) is 1. The minimum Gasteiger partial charge on any atom is -0.496 e. The van der Waals surface area contributed by atoms with Crippen molar-refractivity contribution < 1.29 is 9.53 Å². The molecule has 8 nitrogen and oxygen atoms in total. The molecule has 3 aromatic carbocycles. The summed E-state index contributed by atoms with van der Waals surface area (Å²) in [5, 5.41) is 6.02. The first kappa shape index (κ1) is 25.0. The van der Waals surface area contributed by atoms with E-state index in [1.807, 2.05) is 67.7 Å². The number of fused-ring (bicyclic) bond motifs is 2. The van der Waals surface area contributed by atoms with E-state index in [0.29, 0.717) is 16.7 Å². The molecule has 2 heterocycles. The Morgan fingerprint density at radius 2 is 1.82 bits per heavy atom. The average molecular weight is 508 g/mol. The van der Waals surface area contributed by atoms with Gasteiger partial charge in [-0.1, -0.05) is 44.2 Å². The summed E-state index contributed by atoms with van der Waals surface area (Å²) < 4.78 is 8.76. The predicted octanol–water partition coefficient (Wildman–Crippen LogP) is 4.83. The van der Waals surface area contributed by atoms with Crippen LogP contribution in [-0.4, -0.2) is 33.5 Å². The first-order valence-corrected chi connectivity index (χ1v) is 12.4. The molecule has 0 aliphatic heterocycles. The maximum Gasteiger partial charge on any atom is 0.282 e. The second-order valence-electron chi connectivity index (χ2n) is 9.57. The number of hydrogen-bond donors (Lipinski definition) is 1. The quantitative estimate of drug-likeness (QED) is 0.319. The van der Waals surface area contributed by atoms with Crippen LogP contribution < -0.4 is 16.0 Å². The molecule has 5 aromatic rings. The van der Waals surface area contributed by atoms with Crippen molar-refractivity contribution in [2.75, 3.05) is 7.11 Å². The second-order valence-corrected chi connectivity index (χ2v) is 9.57. The molecule has 0 saturated carbocycles. The number of rotatable bonds is 7. The summed E-state index contributed by atoms with van der Waals surface area (Å²) in [5.74, 6) is 0.988. The van der Waals surface area contributed by atoms with E-state index in [9.17, 15) is 9.59 Å². The number of carbonyl (C=O) groups excluding carboxylic acids is 1. The zero-order chi connectivity index (χ0) is 27.0. The van der Waals surface area contributed by atoms with Crippen LogP contribution in [0, 0.1) is 6.92 Å². The summed E-state index contributed by atoms with van der Waals surface area (Å²) in [5.41, 5.74) is 10.1. The van der Waals surface area contributed by atoms with Crippen LogP contribution >= 0.6 is 0 Å². The Hall–Kier alpha value is -4.72. The summed E-state index contributed by atoms with van der Waals surface area (Å²) in [6, 6.07) is 18.9. The Morgan fingerprint density at radius 1 is 1.11 bits per heavy atom. The SMILES string of the molecule is COc1cc(C)c(-c2nc3ccccc3c(=O)n2N=Cc2cn(CC(N)=O)c3ccccc23)cc1C(C)C. The Labute approximate surface area is 220 Å². The fourth-order valence-electron chi connectivity index (χ4n) is 4.77. The third-order valence-corrected chi connectivity index (χ3v) is 6.65. The van der Waals surface area contributed by atoms with Gasteiger partial charge in [0.25, 0.3) is 5.56 Å². The van der Waals surface area contributed by atoms with Crippen LogP contribution in [0.1, 0.15) is 36.5 Å². The lowest BCUT2D eigenvalue weighted by Crippen LogP contribution is -2.21. The molecule has 0 aliphatic rings. The lowest BCUT2D eigenvalue weighted by Gasteiger charge is -2.17. The molecule has 1 amide bonds. The summed E-state index contributed by atoms with van der Waals surface area (Å²) in [6.07, 6.45) is 3.44. The van der Waals surface area contributed by atoms with E-state index in [1.54, 1.807) is 24.0 Å². The highest BCUT2D eigenvalue weighted by atomic mass is 16.5. The molecule has 38 heavy (non-hydrogen) atoms. The van der Waals surface area contributed by atoms with Gasteiger partial charge in [0, 0.05) is 28.2 Å². The number of ether oxygens (including phenoxy) is 1. The van der Waals surface area contributed by atoms with Gasteiger partial charge in [0.05, 0.1) is 24.2 Å². The van der Waals surface area contributed by atoms with Crippen LogP contribution in [0.25, 0.3) is 33.2 Å². The van der Waals surface area contributed by atoms with E-state index in [0.717, 1.165) is 38.9 Å². The van der Waals surface area contributed by atoms with Gasteiger partial charge in [-0.2, -0.15) is 9.78 Å². The van der Waals surface area contributed by atoms with Gasteiger partial charge in [0.15, 0.2) is 5.82 Å². The fourth-order valence-corrected chi connectivity index (χ4v) is 4.77. The molecular formula is C30H29N5O3. The number of hydrogen-bond acceptors (Lipinski definition) is 5. The normalized spacial score (nSPS) is 11.7. The van der Waals surface area contributed by atoms with Crippen molar-refractivity contribution in [1.82, 2.24) is 14.2 Å². The van der Waals surface area contributed by atoms with Gasteiger partial charge in [-0.05, 0) is 54.3 Å². The van der Waals surface area contributed by atoms with Gasteiger partial charge in [-0.3, -0.25) is 9.59 Å². The summed E-state index contributed by atoms with van der Waals surface area (Å²) >= 11 is 0. The number of aryl methyl sites for hydroxylation is 1. The maximum atomic E-state index is 13.7. The van der Waals surface area contributed by atoms with Crippen molar-refractivity contribution in [3.05, 3.63) is 93.9 Å². The van der Waals surface area contributed by atoms with Gasteiger partial charge in [0.2, 0.25) is 5.91 Å². The highest BCUT2D eigenvalue weighted by Gasteiger charge is 2.18. The van der Waals surface area contributed by atoms with Gasteiger partial charge in [-0.25, -0.2) is 4.98 Å². The van der Waals surface area contributed by atoms with Crippen molar-refractivity contribution in [3.8, 4) is 17.1 Å². The molecule has 0 spiro atoms. The standard InChI is InChI=1S/C30H29N5O3/c1-18(2)23-14-24(19(3)13-27(23)38-4)29-33-25-11-7-5-10-22(25)30(37)35(29)32-15-20-16-34(17-28(31)36)26-12-8-6-9-21(20)26/h5-16,18H,17H2,1-4H3,(H2,31,36). The van der Waals surface area contributed by atoms with Crippen LogP contribution in [-0.2, 0) is 11.3 Å².